The number of aromatic amines is 1. The van der Waals surface area contributed by atoms with Gasteiger partial charge in [-0.25, -0.2) is 19.6 Å². The number of fused-ring (bicyclic) bond motifs is 1. The summed E-state index contributed by atoms with van der Waals surface area (Å²) >= 11 is 3.61. The van der Waals surface area contributed by atoms with E-state index in [0.29, 0.717) is 30.7 Å². The third kappa shape index (κ3) is 4.02. The van der Waals surface area contributed by atoms with Crippen LogP contribution in [0.1, 0.15) is 12.7 Å². The normalized spacial score (nSPS) is 11.1. The molecule has 0 radical (unpaired) electrons. The first-order chi connectivity index (χ1) is 15.7. The van der Waals surface area contributed by atoms with E-state index in [2.05, 4.69) is 61.6 Å². The molecule has 4 heterocycles. The summed E-state index contributed by atoms with van der Waals surface area (Å²) in [6.07, 6.45) is 6.76. The lowest BCUT2D eigenvalue weighted by Gasteiger charge is -2.13. The number of hydrogen-bond acceptors (Lipinski definition) is 8. The van der Waals surface area contributed by atoms with Crippen LogP contribution in [0.2, 0.25) is 0 Å². The van der Waals surface area contributed by atoms with Crippen LogP contribution in [-0.4, -0.2) is 46.2 Å². The quantitative estimate of drug-likeness (QED) is 0.314. The van der Waals surface area contributed by atoms with E-state index in [1.54, 1.807) is 17.1 Å². The number of benzene rings is 1. The largest absolute Gasteiger partial charge is 0.369 e. The summed E-state index contributed by atoms with van der Waals surface area (Å²) in [7, 11) is 0. The number of aromatic nitrogens is 8. The molecular weight excluding hydrogens is 472 g/mol. The smallest absolute Gasteiger partial charge is 0.254 e. The molecule has 11 heteroatoms. The van der Waals surface area contributed by atoms with Crippen LogP contribution < -0.4 is 10.6 Å². The minimum absolute atomic E-state index is 0.427. The zero-order chi connectivity index (χ0) is 21.9. The molecule has 0 saturated carbocycles. The Morgan fingerprint density at radius 1 is 1.06 bits per heavy atom. The number of halogens is 1. The van der Waals surface area contributed by atoms with E-state index < -0.39 is 0 Å². The Bertz CT molecular complexity index is 1330. The van der Waals surface area contributed by atoms with Gasteiger partial charge in [0.1, 0.15) is 28.3 Å². The van der Waals surface area contributed by atoms with Crippen molar-refractivity contribution in [1.29, 1.82) is 0 Å². The summed E-state index contributed by atoms with van der Waals surface area (Å²) in [5.41, 5.74) is 3.54. The number of H-pyrrole nitrogens is 1. The lowest BCUT2D eigenvalue weighted by molar-refractivity contribution is 0.806. The standard InChI is InChI=1S/C21H19BrN10/c1-2-24-19-18(22)20(25-10-17-28-15-5-3-4-6-16(15)29-17)31-21(30-19)32-11-13(9-27-32)14-7-8-23-12-26-14/h3-9,11-12H,2,10H2,1H3,(H,28,29)(H2,24,25,30,31). The fourth-order valence-corrected chi connectivity index (χ4v) is 3.68. The van der Waals surface area contributed by atoms with Crippen molar-refractivity contribution in [2.45, 2.75) is 13.5 Å². The molecule has 10 nitrogen and oxygen atoms in total. The first-order valence-corrected chi connectivity index (χ1v) is 10.8. The highest BCUT2D eigenvalue weighted by molar-refractivity contribution is 9.10. The lowest BCUT2D eigenvalue weighted by Crippen LogP contribution is -2.12. The average Bonchev–Trinajstić information content (AvgIpc) is 3.47. The summed E-state index contributed by atoms with van der Waals surface area (Å²) in [6.45, 7) is 3.20. The van der Waals surface area contributed by atoms with Gasteiger partial charge in [-0.05, 0) is 41.1 Å². The zero-order valence-corrected chi connectivity index (χ0v) is 18.7. The Hall–Kier alpha value is -3.86. The van der Waals surface area contributed by atoms with Crippen molar-refractivity contribution >= 4 is 38.6 Å². The van der Waals surface area contributed by atoms with Crippen molar-refractivity contribution in [3.8, 4) is 17.2 Å². The number of rotatable bonds is 7. The van der Waals surface area contributed by atoms with Gasteiger partial charge in [0.15, 0.2) is 0 Å². The number of nitrogens with zero attached hydrogens (tertiary/aromatic N) is 7. The second-order valence-corrected chi connectivity index (χ2v) is 7.68. The number of nitrogens with one attached hydrogen (secondary N) is 3. The number of imidazole rings is 1. The fraction of sp³-hybridized carbons (Fsp3) is 0.143. The molecule has 1 aromatic carbocycles. The molecule has 0 aliphatic heterocycles. The van der Waals surface area contributed by atoms with Gasteiger partial charge in [-0.2, -0.15) is 15.1 Å². The molecule has 0 spiro atoms. The average molecular weight is 491 g/mol. The van der Waals surface area contributed by atoms with E-state index in [1.807, 2.05) is 43.5 Å². The van der Waals surface area contributed by atoms with Crippen molar-refractivity contribution in [2.24, 2.45) is 0 Å². The van der Waals surface area contributed by atoms with E-state index in [-0.39, 0.29) is 0 Å². The molecule has 0 unspecified atom stereocenters. The van der Waals surface area contributed by atoms with Gasteiger partial charge in [0.2, 0.25) is 0 Å². The second kappa shape index (κ2) is 8.71. The third-order valence-corrected chi connectivity index (χ3v) is 5.46. The van der Waals surface area contributed by atoms with Crippen LogP contribution >= 0.6 is 15.9 Å². The van der Waals surface area contributed by atoms with Gasteiger partial charge in [-0.1, -0.05) is 12.1 Å². The van der Waals surface area contributed by atoms with E-state index in [0.717, 1.165) is 32.6 Å². The zero-order valence-electron chi connectivity index (χ0n) is 17.1. The van der Waals surface area contributed by atoms with Gasteiger partial charge in [-0.15, -0.1) is 0 Å². The Kier molecular flexibility index (Phi) is 5.46. The molecule has 0 aliphatic rings. The predicted octanol–water partition coefficient (Wildman–Crippen LogP) is 3.80. The van der Waals surface area contributed by atoms with E-state index in [9.17, 15) is 0 Å². The Balaban J connectivity index is 1.45. The predicted molar refractivity (Wildman–Crippen MR) is 125 cm³/mol. The summed E-state index contributed by atoms with van der Waals surface area (Å²) < 4.78 is 2.36. The molecule has 5 aromatic rings. The number of hydrogen-bond donors (Lipinski definition) is 3. The number of anilines is 2. The summed E-state index contributed by atoms with van der Waals surface area (Å²) in [5.74, 6) is 2.54. The molecule has 4 aromatic heterocycles. The van der Waals surface area contributed by atoms with Crippen LogP contribution in [0.15, 0.2) is 59.7 Å². The highest BCUT2D eigenvalue weighted by Crippen LogP contribution is 2.29. The molecule has 5 rings (SSSR count). The third-order valence-electron chi connectivity index (χ3n) is 4.71. The molecule has 0 atom stereocenters. The summed E-state index contributed by atoms with van der Waals surface area (Å²) in [5, 5.41) is 11.0. The van der Waals surface area contributed by atoms with Gasteiger partial charge in [0.25, 0.3) is 5.95 Å². The molecule has 160 valence electrons. The highest BCUT2D eigenvalue weighted by atomic mass is 79.9. The SMILES string of the molecule is CCNc1nc(-n2cc(-c3ccncn3)cn2)nc(NCc2nc3ccccc3[nH]2)c1Br. The Morgan fingerprint density at radius 2 is 1.91 bits per heavy atom. The molecule has 32 heavy (non-hydrogen) atoms. The van der Waals surface area contributed by atoms with E-state index >= 15 is 0 Å². The topological polar surface area (TPSA) is 122 Å². The van der Waals surface area contributed by atoms with Crippen molar-refractivity contribution in [3.63, 3.8) is 0 Å². The Labute approximate surface area is 191 Å². The van der Waals surface area contributed by atoms with Crippen molar-refractivity contribution < 1.29 is 0 Å². The van der Waals surface area contributed by atoms with Crippen molar-refractivity contribution in [2.75, 3.05) is 17.2 Å². The molecule has 0 fully saturated rings. The molecule has 0 amide bonds. The van der Waals surface area contributed by atoms with Gasteiger partial charge < -0.3 is 15.6 Å². The van der Waals surface area contributed by atoms with E-state index in [4.69, 9.17) is 0 Å². The second-order valence-electron chi connectivity index (χ2n) is 6.89. The first-order valence-electron chi connectivity index (χ1n) is 10.0. The van der Waals surface area contributed by atoms with Gasteiger partial charge in [0.05, 0.1) is 29.5 Å². The minimum atomic E-state index is 0.427. The van der Waals surface area contributed by atoms with Gasteiger partial charge in [0, 0.05) is 24.5 Å². The van der Waals surface area contributed by atoms with Gasteiger partial charge >= 0.3 is 0 Å². The van der Waals surface area contributed by atoms with E-state index in [1.165, 1.54) is 6.33 Å². The van der Waals surface area contributed by atoms with Crippen molar-refractivity contribution in [1.82, 2.24) is 39.7 Å². The van der Waals surface area contributed by atoms with Gasteiger partial charge in [-0.3, -0.25) is 0 Å². The lowest BCUT2D eigenvalue weighted by atomic mass is 10.2. The van der Waals surface area contributed by atoms with Crippen LogP contribution in [0.4, 0.5) is 11.6 Å². The minimum Gasteiger partial charge on any atom is -0.369 e. The fourth-order valence-electron chi connectivity index (χ4n) is 3.22. The first kappa shape index (κ1) is 20.1. The molecule has 0 saturated heterocycles. The van der Waals surface area contributed by atoms with Crippen molar-refractivity contribution in [3.05, 3.63) is 65.5 Å². The maximum atomic E-state index is 4.68. The highest BCUT2D eigenvalue weighted by Gasteiger charge is 2.15. The van der Waals surface area contributed by atoms with Crippen LogP contribution in [0.25, 0.3) is 28.2 Å². The number of para-hydroxylation sites is 2. The molecule has 3 N–H and O–H groups in total. The van der Waals surface area contributed by atoms with Crippen LogP contribution in [0.3, 0.4) is 0 Å². The van der Waals surface area contributed by atoms with Crippen LogP contribution in [-0.2, 0) is 6.54 Å². The maximum absolute atomic E-state index is 4.68. The monoisotopic (exact) mass is 490 g/mol. The maximum Gasteiger partial charge on any atom is 0.254 e. The molecule has 0 aliphatic carbocycles. The summed E-state index contributed by atoms with van der Waals surface area (Å²) in [4.78, 5) is 25.5. The molecule has 0 bridgehead atoms. The van der Waals surface area contributed by atoms with Crippen LogP contribution in [0.5, 0.6) is 0 Å². The Morgan fingerprint density at radius 3 is 2.69 bits per heavy atom. The molecular formula is C21H19BrN10. The van der Waals surface area contributed by atoms with Crippen LogP contribution in [0, 0.1) is 0 Å². The summed E-state index contributed by atoms with van der Waals surface area (Å²) in [6, 6.07) is 9.75.